The van der Waals surface area contributed by atoms with Crippen LogP contribution in [-0.4, -0.2) is 34.6 Å². The van der Waals surface area contributed by atoms with Crippen molar-refractivity contribution in [2.75, 3.05) is 24.6 Å². The van der Waals surface area contributed by atoms with E-state index in [1.165, 1.54) is 19.0 Å². The monoisotopic (exact) mass is 378 g/mol. The summed E-state index contributed by atoms with van der Waals surface area (Å²) >= 11 is 0. The van der Waals surface area contributed by atoms with Crippen LogP contribution in [0.25, 0.3) is 0 Å². The van der Waals surface area contributed by atoms with Crippen molar-refractivity contribution >= 4 is 5.82 Å². The molecule has 27 heavy (non-hydrogen) atoms. The molecule has 144 valence electrons. The van der Waals surface area contributed by atoms with E-state index in [2.05, 4.69) is 15.0 Å². The maximum Gasteiger partial charge on any atom is 0.416 e. The molecule has 1 aliphatic carbocycles. The third-order valence-corrected chi connectivity index (χ3v) is 5.14. The predicted octanol–water partition coefficient (Wildman–Crippen LogP) is 4.06. The molecule has 2 aromatic heterocycles. The van der Waals surface area contributed by atoms with E-state index in [1.807, 2.05) is 11.0 Å². The second-order valence-electron chi connectivity index (χ2n) is 7.20. The molecular formula is C19H21F3N4O. The van der Waals surface area contributed by atoms with Crippen LogP contribution in [0.3, 0.4) is 0 Å². The molecule has 2 fully saturated rings. The first-order chi connectivity index (χ1) is 13.0. The van der Waals surface area contributed by atoms with E-state index in [0.717, 1.165) is 30.7 Å². The third kappa shape index (κ3) is 4.48. The number of hydrogen-bond acceptors (Lipinski definition) is 5. The minimum absolute atomic E-state index is 0.353. The van der Waals surface area contributed by atoms with Gasteiger partial charge in [-0.1, -0.05) is 0 Å². The Labute approximate surface area is 155 Å². The molecule has 3 heterocycles. The standard InChI is InChI=1S/C19H21F3N4O/c20-19(21,22)15-3-6-23-17(9-15)26-7-4-13(5-8-26)11-27-18-10-16(14-1-2-14)24-12-25-18/h3,6,9-10,12-14H,1-2,4-5,7-8,11H2. The first-order valence-electron chi connectivity index (χ1n) is 9.22. The molecule has 0 N–H and O–H groups in total. The fraction of sp³-hybridized carbons (Fsp3) is 0.526. The van der Waals surface area contributed by atoms with Crippen LogP contribution in [-0.2, 0) is 6.18 Å². The normalized spacial score (nSPS) is 18.6. The number of hydrogen-bond donors (Lipinski definition) is 0. The number of halogens is 3. The van der Waals surface area contributed by atoms with Crippen LogP contribution >= 0.6 is 0 Å². The zero-order valence-electron chi connectivity index (χ0n) is 14.8. The molecule has 0 aromatic carbocycles. The average Bonchev–Trinajstić information content (AvgIpc) is 3.52. The molecule has 4 rings (SSSR count). The molecule has 0 atom stereocenters. The topological polar surface area (TPSA) is 51.1 Å². The number of anilines is 1. The van der Waals surface area contributed by atoms with Crippen LogP contribution in [0.1, 0.15) is 42.9 Å². The molecule has 5 nitrogen and oxygen atoms in total. The van der Waals surface area contributed by atoms with Crippen molar-refractivity contribution < 1.29 is 17.9 Å². The lowest BCUT2D eigenvalue weighted by atomic mass is 9.98. The lowest BCUT2D eigenvalue weighted by Gasteiger charge is -2.32. The number of alkyl halides is 3. The number of rotatable bonds is 5. The van der Waals surface area contributed by atoms with Crippen molar-refractivity contribution in [3.05, 3.63) is 42.0 Å². The molecule has 8 heteroatoms. The quantitative estimate of drug-likeness (QED) is 0.785. The molecule has 0 bridgehead atoms. The smallest absolute Gasteiger partial charge is 0.416 e. The number of piperidine rings is 1. The highest BCUT2D eigenvalue weighted by Crippen LogP contribution is 2.39. The maximum absolute atomic E-state index is 12.9. The van der Waals surface area contributed by atoms with Crippen molar-refractivity contribution in [2.45, 2.75) is 37.8 Å². The fourth-order valence-electron chi connectivity index (χ4n) is 3.33. The van der Waals surface area contributed by atoms with Gasteiger partial charge in [0, 0.05) is 31.3 Å². The summed E-state index contributed by atoms with van der Waals surface area (Å²) < 4.78 is 44.4. The molecule has 1 aliphatic heterocycles. The number of pyridine rings is 1. The molecule has 0 unspecified atom stereocenters. The van der Waals surface area contributed by atoms with E-state index in [9.17, 15) is 13.2 Å². The van der Waals surface area contributed by atoms with Gasteiger partial charge in [-0.15, -0.1) is 0 Å². The molecule has 2 aliphatic rings. The summed E-state index contributed by atoms with van der Waals surface area (Å²) in [6, 6.07) is 4.04. The minimum atomic E-state index is -4.35. The number of ether oxygens (including phenoxy) is 1. The predicted molar refractivity (Wildman–Crippen MR) is 93.7 cm³/mol. The highest BCUT2D eigenvalue weighted by Gasteiger charge is 2.31. The van der Waals surface area contributed by atoms with Gasteiger partial charge in [0.1, 0.15) is 12.1 Å². The van der Waals surface area contributed by atoms with Gasteiger partial charge in [-0.25, -0.2) is 15.0 Å². The Kier molecular flexibility index (Phi) is 4.88. The van der Waals surface area contributed by atoms with Gasteiger partial charge in [0.25, 0.3) is 0 Å². The van der Waals surface area contributed by atoms with Crippen molar-refractivity contribution in [3.63, 3.8) is 0 Å². The number of nitrogens with zero attached hydrogens (tertiary/aromatic N) is 4. The lowest BCUT2D eigenvalue weighted by Crippen LogP contribution is -2.36. The van der Waals surface area contributed by atoms with E-state index >= 15 is 0 Å². The summed E-state index contributed by atoms with van der Waals surface area (Å²) in [7, 11) is 0. The Bertz CT molecular complexity index is 787. The number of aromatic nitrogens is 3. The van der Waals surface area contributed by atoms with E-state index in [1.54, 1.807) is 6.33 Å². The van der Waals surface area contributed by atoms with Gasteiger partial charge in [-0.2, -0.15) is 13.2 Å². The molecule has 1 saturated carbocycles. The van der Waals surface area contributed by atoms with Crippen molar-refractivity contribution in [3.8, 4) is 5.88 Å². The van der Waals surface area contributed by atoms with E-state index in [4.69, 9.17) is 4.74 Å². The van der Waals surface area contributed by atoms with Crippen molar-refractivity contribution in [1.82, 2.24) is 15.0 Å². The SMILES string of the molecule is FC(F)(F)c1ccnc(N2CCC(COc3cc(C4CC4)ncn3)CC2)c1. The van der Waals surface area contributed by atoms with Gasteiger partial charge in [0.2, 0.25) is 5.88 Å². The average molecular weight is 378 g/mol. The molecule has 2 aromatic rings. The highest BCUT2D eigenvalue weighted by molar-refractivity contribution is 5.42. The van der Waals surface area contributed by atoms with Gasteiger partial charge in [-0.05, 0) is 43.7 Å². The summed E-state index contributed by atoms with van der Waals surface area (Å²) in [5, 5.41) is 0. The van der Waals surface area contributed by atoms with Crippen LogP contribution in [0.5, 0.6) is 5.88 Å². The minimum Gasteiger partial charge on any atom is -0.477 e. The summed E-state index contributed by atoms with van der Waals surface area (Å²) in [5.41, 5.74) is 0.388. The first kappa shape index (κ1) is 18.0. The summed E-state index contributed by atoms with van der Waals surface area (Å²) in [5.74, 6) is 1.90. The van der Waals surface area contributed by atoms with Crippen LogP contribution in [0.2, 0.25) is 0 Å². The zero-order valence-corrected chi connectivity index (χ0v) is 14.8. The van der Waals surface area contributed by atoms with Crippen molar-refractivity contribution in [2.24, 2.45) is 5.92 Å². The van der Waals surface area contributed by atoms with Crippen LogP contribution in [0.4, 0.5) is 19.0 Å². The molecule has 0 radical (unpaired) electrons. The van der Waals surface area contributed by atoms with Crippen LogP contribution in [0.15, 0.2) is 30.7 Å². The first-order valence-corrected chi connectivity index (χ1v) is 9.22. The second kappa shape index (κ2) is 7.32. The van der Waals surface area contributed by atoms with E-state index in [-0.39, 0.29) is 0 Å². The highest BCUT2D eigenvalue weighted by atomic mass is 19.4. The molecule has 1 saturated heterocycles. The fourth-order valence-corrected chi connectivity index (χ4v) is 3.33. The lowest BCUT2D eigenvalue weighted by molar-refractivity contribution is -0.137. The molecule has 0 spiro atoms. The Morgan fingerprint density at radius 3 is 2.52 bits per heavy atom. The maximum atomic E-state index is 12.9. The Hall–Kier alpha value is -2.38. The Morgan fingerprint density at radius 1 is 1.04 bits per heavy atom. The van der Waals surface area contributed by atoms with Gasteiger partial charge < -0.3 is 9.64 Å². The van der Waals surface area contributed by atoms with Gasteiger partial charge in [-0.3, -0.25) is 0 Å². The third-order valence-electron chi connectivity index (χ3n) is 5.14. The van der Waals surface area contributed by atoms with E-state index in [0.29, 0.717) is 43.2 Å². The van der Waals surface area contributed by atoms with Gasteiger partial charge in [0.05, 0.1) is 17.9 Å². The summed E-state index contributed by atoms with van der Waals surface area (Å²) in [6.07, 6.45) is 2.47. The molecule has 0 amide bonds. The summed E-state index contributed by atoms with van der Waals surface area (Å²) in [6.45, 7) is 1.89. The Balaban J connectivity index is 1.30. The van der Waals surface area contributed by atoms with E-state index < -0.39 is 11.7 Å². The second-order valence-corrected chi connectivity index (χ2v) is 7.20. The zero-order chi connectivity index (χ0) is 18.9. The largest absolute Gasteiger partial charge is 0.477 e. The Morgan fingerprint density at radius 2 is 1.81 bits per heavy atom. The van der Waals surface area contributed by atoms with Crippen LogP contribution in [0, 0.1) is 5.92 Å². The van der Waals surface area contributed by atoms with Gasteiger partial charge >= 0.3 is 6.18 Å². The van der Waals surface area contributed by atoms with Crippen molar-refractivity contribution in [1.29, 1.82) is 0 Å². The molecular weight excluding hydrogens is 357 g/mol. The van der Waals surface area contributed by atoms with Gasteiger partial charge in [0.15, 0.2) is 0 Å². The summed E-state index contributed by atoms with van der Waals surface area (Å²) in [4.78, 5) is 14.5. The van der Waals surface area contributed by atoms with Crippen LogP contribution < -0.4 is 9.64 Å².